The van der Waals surface area contributed by atoms with Crippen LogP contribution in [0.2, 0.25) is 0 Å². The summed E-state index contributed by atoms with van der Waals surface area (Å²) >= 11 is 0. The minimum Gasteiger partial charge on any atom is -0.330 e. The Hall–Kier alpha value is -1.07. The van der Waals surface area contributed by atoms with Crippen molar-refractivity contribution in [1.29, 1.82) is 0 Å². The number of nitrogens with two attached hydrogens (primary N) is 1. The molecule has 1 aliphatic carbocycles. The number of nitrogens with one attached hydrogen (secondary N) is 1. The average Bonchev–Trinajstić information content (AvgIpc) is 2.87. The average molecular weight is 301 g/mol. The van der Waals surface area contributed by atoms with Crippen molar-refractivity contribution in [2.24, 2.45) is 11.1 Å². The highest BCUT2D eigenvalue weighted by Gasteiger charge is 2.32. The van der Waals surface area contributed by atoms with E-state index in [2.05, 4.69) is 10.4 Å². The number of carbonyl (C=O) groups excluding carboxylic acids is 1. The summed E-state index contributed by atoms with van der Waals surface area (Å²) in [5, 5.41) is 7.07. The van der Waals surface area contributed by atoms with Crippen molar-refractivity contribution in [2.45, 2.75) is 52.0 Å². The molecule has 5 nitrogen and oxygen atoms in total. The van der Waals surface area contributed by atoms with Crippen molar-refractivity contribution >= 4 is 24.0 Å². The first-order valence-corrected chi connectivity index (χ1v) is 7.20. The maximum Gasteiger partial charge on any atom is 0.225 e. The number of rotatable bonds is 5. The summed E-state index contributed by atoms with van der Waals surface area (Å²) in [7, 11) is 0. The van der Waals surface area contributed by atoms with Crippen LogP contribution in [0.4, 0.5) is 5.69 Å². The molecular formula is C14H25ClN4O. The maximum atomic E-state index is 12.1. The largest absolute Gasteiger partial charge is 0.330 e. The van der Waals surface area contributed by atoms with E-state index in [1.807, 2.05) is 13.1 Å². The molecule has 0 atom stereocenters. The first-order valence-electron chi connectivity index (χ1n) is 7.20. The second-order valence-corrected chi connectivity index (χ2v) is 5.57. The molecule has 0 spiro atoms. The molecule has 1 aromatic heterocycles. The molecule has 1 saturated carbocycles. The van der Waals surface area contributed by atoms with E-state index in [1.54, 1.807) is 10.9 Å². The molecule has 20 heavy (non-hydrogen) atoms. The molecule has 0 radical (unpaired) electrons. The van der Waals surface area contributed by atoms with Crippen molar-refractivity contribution in [3.05, 3.63) is 12.4 Å². The third-order valence-corrected chi connectivity index (χ3v) is 4.12. The molecule has 1 amide bonds. The van der Waals surface area contributed by atoms with Crippen LogP contribution in [0.3, 0.4) is 0 Å². The van der Waals surface area contributed by atoms with E-state index in [9.17, 15) is 4.79 Å². The number of amides is 1. The molecule has 0 unspecified atom stereocenters. The van der Waals surface area contributed by atoms with Gasteiger partial charge in [0.2, 0.25) is 5.91 Å². The molecule has 1 aromatic rings. The Bertz CT molecular complexity index is 427. The van der Waals surface area contributed by atoms with Crippen molar-refractivity contribution < 1.29 is 4.79 Å². The van der Waals surface area contributed by atoms with Gasteiger partial charge < -0.3 is 11.1 Å². The van der Waals surface area contributed by atoms with Crippen LogP contribution in [-0.4, -0.2) is 22.2 Å². The van der Waals surface area contributed by atoms with E-state index in [0.29, 0.717) is 13.0 Å². The highest BCUT2D eigenvalue weighted by atomic mass is 35.5. The fraction of sp³-hybridized carbons (Fsp3) is 0.714. The Balaban J connectivity index is 0.00000200. The van der Waals surface area contributed by atoms with E-state index in [-0.39, 0.29) is 23.7 Å². The lowest BCUT2D eigenvalue weighted by atomic mass is 9.71. The van der Waals surface area contributed by atoms with Crippen LogP contribution in [-0.2, 0) is 11.3 Å². The van der Waals surface area contributed by atoms with Gasteiger partial charge in [0.25, 0.3) is 0 Å². The van der Waals surface area contributed by atoms with Gasteiger partial charge in [0.05, 0.1) is 11.9 Å². The summed E-state index contributed by atoms with van der Waals surface area (Å²) < 4.78 is 1.80. The molecule has 0 bridgehead atoms. The molecule has 0 saturated heterocycles. The second-order valence-electron chi connectivity index (χ2n) is 5.57. The Labute approximate surface area is 126 Å². The van der Waals surface area contributed by atoms with Crippen LogP contribution in [0.15, 0.2) is 12.4 Å². The van der Waals surface area contributed by atoms with Gasteiger partial charge in [-0.25, -0.2) is 0 Å². The molecule has 1 aliphatic rings. The third-order valence-electron chi connectivity index (χ3n) is 4.12. The van der Waals surface area contributed by atoms with Crippen LogP contribution in [0.1, 0.15) is 45.4 Å². The first-order chi connectivity index (χ1) is 9.17. The number of nitrogens with zero attached hydrogens (tertiary/aromatic N) is 2. The molecule has 114 valence electrons. The van der Waals surface area contributed by atoms with Gasteiger partial charge in [0, 0.05) is 19.2 Å². The van der Waals surface area contributed by atoms with Crippen molar-refractivity contribution in [1.82, 2.24) is 9.78 Å². The molecule has 2 rings (SSSR count). The summed E-state index contributed by atoms with van der Waals surface area (Å²) in [6.07, 6.45) is 9.88. The van der Waals surface area contributed by atoms with Gasteiger partial charge in [-0.15, -0.1) is 12.4 Å². The van der Waals surface area contributed by atoms with Gasteiger partial charge in [-0.05, 0) is 31.7 Å². The van der Waals surface area contributed by atoms with E-state index < -0.39 is 0 Å². The lowest BCUT2D eigenvalue weighted by molar-refractivity contribution is -0.118. The Morgan fingerprint density at radius 3 is 2.70 bits per heavy atom. The quantitative estimate of drug-likeness (QED) is 0.878. The number of carbonyl (C=O) groups is 1. The zero-order valence-electron chi connectivity index (χ0n) is 12.1. The topological polar surface area (TPSA) is 72.9 Å². The Kier molecular flexibility index (Phi) is 6.49. The minimum absolute atomic E-state index is 0. The van der Waals surface area contributed by atoms with Gasteiger partial charge in [-0.1, -0.05) is 19.3 Å². The maximum absolute atomic E-state index is 12.1. The minimum atomic E-state index is 0. The Morgan fingerprint density at radius 2 is 2.15 bits per heavy atom. The van der Waals surface area contributed by atoms with Crippen LogP contribution in [0.5, 0.6) is 0 Å². The van der Waals surface area contributed by atoms with Crippen molar-refractivity contribution in [2.75, 3.05) is 11.9 Å². The Morgan fingerprint density at radius 1 is 1.45 bits per heavy atom. The predicted molar refractivity (Wildman–Crippen MR) is 83.0 cm³/mol. The number of hydrogen-bond donors (Lipinski definition) is 2. The second kappa shape index (κ2) is 7.64. The lowest BCUT2D eigenvalue weighted by Crippen LogP contribution is -2.36. The fourth-order valence-corrected chi connectivity index (χ4v) is 2.90. The molecule has 3 N–H and O–H groups in total. The van der Waals surface area contributed by atoms with Crippen LogP contribution < -0.4 is 11.1 Å². The number of halogens is 1. The van der Waals surface area contributed by atoms with Gasteiger partial charge in [-0.2, -0.15) is 5.10 Å². The van der Waals surface area contributed by atoms with E-state index >= 15 is 0 Å². The molecule has 0 aliphatic heterocycles. The molecule has 1 fully saturated rings. The van der Waals surface area contributed by atoms with Crippen molar-refractivity contribution in [3.63, 3.8) is 0 Å². The SMILES string of the molecule is CCn1cc(NC(=O)CC2(CN)CCCCC2)cn1.Cl. The summed E-state index contributed by atoms with van der Waals surface area (Å²) in [6.45, 7) is 3.43. The number of hydrogen-bond acceptors (Lipinski definition) is 3. The van der Waals surface area contributed by atoms with E-state index in [4.69, 9.17) is 5.73 Å². The summed E-state index contributed by atoms with van der Waals surface area (Å²) in [5.74, 6) is 0.0583. The zero-order chi connectivity index (χ0) is 13.7. The number of aromatic nitrogens is 2. The highest BCUT2D eigenvalue weighted by molar-refractivity contribution is 5.90. The fourth-order valence-electron chi connectivity index (χ4n) is 2.90. The van der Waals surface area contributed by atoms with Crippen LogP contribution >= 0.6 is 12.4 Å². The molecule has 1 heterocycles. The summed E-state index contributed by atoms with van der Waals surface area (Å²) in [5.41, 5.74) is 6.70. The lowest BCUT2D eigenvalue weighted by Gasteiger charge is -2.35. The smallest absolute Gasteiger partial charge is 0.225 e. The number of aryl methyl sites for hydroxylation is 1. The predicted octanol–water partition coefficient (Wildman–Crippen LogP) is 2.56. The van der Waals surface area contributed by atoms with Crippen LogP contribution in [0, 0.1) is 5.41 Å². The molecule has 0 aromatic carbocycles. The summed E-state index contributed by atoms with van der Waals surface area (Å²) in [6, 6.07) is 0. The first kappa shape index (κ1) is 17.0. The molecule has 6 heteroatoms. The molecular weight excluding hydrogens is 276 g/mol. The summed E-state index contributed by atoms with van der Waals surface area (Å²) in [4.78, 5) is 12.1. The monoisotopic (exact) mass is 300 g/mol. The third kappa shape index (κ3) is 4.21. The van der Waals surface area contributed by atoms with Gasteiger partial charge in [-0.3, -0.25) is 9.48 Å². The van der Waals surface area contributed by atoms with Gasteiger partial charge in [0.1, 0.15) is 0 Å². The normalized spacial score (nSPS) is 17.3. The van der Waals surface area contributed by atoms with Crippen molar-refractivity contribution in [3.8, 4) is 0 Å². The van der Waals surface area contributed by atoms with E-state index in [0.717, 1.165) is 25.1 Å². The van der Waals surface area contributed by atoms with Crippen LogP contribution in [0.25, 0.3) is 0 Å². The van der Waals surface area contributed by atoms with Gasteiger partial charge in [0.15, 0.2) is 0 Å². The number of anilines is 1. The zero-order valence-corrected chi connectivity index (χ0v) is 12.9. The van der Waals surface area contributed by atoms with E-state index in [1.165, 1.54) is 19.3 Å². The standard InChI is InChI=1S/C14H24N4O.ClH/c1-2-18-10-12(9-16-18)17-13(19)8-14(11-15)6-4-3-5-7-14;/h9-10H,2-8,11,15H2,1H3,(H,17,19);1H. The highest BCUT2D eigenvalue weighted by Crippen LogP contribution is 2.38. The van der Waals surface area contributed by atoms with Gasteiger partial charge >= 0.3 is 0 Å².